The molecule has 2 aromatic heterocycles. The average molecular weight is 369 g/mol. The number of para-hydroxylation sites is 2. The first-order valence-corrected chi connectivity index (χ1v) is 9.39. The van der Waals surface area contributed by atoms with Gasteiger partial charge in [-0.3, -0.25) is 4.90 Å². The molecule has 0 radical (unpaired) electrons. The van der Waals surface area contributed by atoms with E-state index in [0.29, 0.717) is 19.1 Å². The minimum absolute atomic E-state index is 0.307. The number of likely N-dealkylation sites (tertiary alicyclic amines) is 1. The predicted molar refractivity (Wildman–Crippen MR) is 104 cm³/mol. The van der Waals surface area contributed by atoms with Gasteiger partial charge in [0.05, 0.1) is 6.67 Å². The Hall–Kier alpha value is -2.25. The van der Waals surface area contributed by atoms with Crippen LogP contribution in [0.1, 0.15) is 30.5 Å². The molecule has 0 aliphatic carbocycles. The number of oxazole rings is 1. The largest absolute Gasteiger partial charge is 0.440 e. The number of nitrogens with zero attached hydrogens (tertiary/aromatic N) is 5. The second-order valence-corrected chi connectivity index (χ2v) is 7.17. The van der Waals surface area contributed by atoms with E-state index < -0.39 is 0 Å². The van der Waals surface area contributed by atoms with E-state index in [9.17, 15) is 0 Å². The summed E-state index contributed by atoms with van der Waals surface area (Å²) < 4.78 is 10.6. The molecule has 0 N–H and O–H groups in total. The molecular formula is C19H23N5OS. The summed E-state index contributed by atoms with van der Waals surface area (Å²) in [5, 5.41) is 4.60. The quantitative estimate of drug-likeness (QED) is 0.504. The van der Waals surface area contributed by atoms with Crippen molar-refractivity contribution in [2.45, 2.75) is 38.9 Å². The average Bonchev–Trinajstić information content (AvgIpc) is 3.19. The second-order valence-electron chi connectivity index (χ2n) is 6.81. The Morgan fingerprint density at radius 3 is 3.04 bits per heavy atom. The summed E-state index contributed by atoms with van der Waals surface area (Å²) in [6.45, 7) is 9.10. The molecule has 3 aromatic rings. The van der Waals surface area contributed by atoms with Gasteiger partial charge in [-0.05, 0) is 50.7 Å². The van der Waals surface area contributed by atoms with Gasteiger partial charge in [0.15, 0.2) is 16.2 Å². The lowest BCUT2D eigenvalue weighted by atomic mass is 9.98. The van der Waals surface area contributed by atoms with Crippen molar-refractivity contribution in [2.75, 3.05) is 13.1 Å². The zero-order valence-electron chi connectivity index (χ0n) is 15.0. The number of aromatic nitrogens is 4. The molecule has 136 valence electrons. The Morgan fingerprint density at radius 1 is 1.38 bits per heavy atom. The smallest absolute Gasteiger partial charge is 0.199 e. The van der Waals surface area contributed by atoms with Crippen LogP contribution < -0.4 is 0 Å². The first kappa shape index (κ1) is 17.2. The highest BCUT2D eigenvalue weighted by atomic mass is 32.1. The maximum atomic E-state index is 5.99. The fourth-order valence-corrected chi connectivity index (χ4v) is 3.93. The normalized spacial score (nSPS) is 18.4. The number of rotatable bonds is 5. The summed E-state index contributed by atoms with van der Waals surface area (Å²) in [6, 6.07) is 7.94. The fourth-order valence-electron chi connectivity index (χ4n) is 3.62. The predicted octanol–water partition coefficient (Wildman–Crippen LogP) is 3.89. The van der Waals surface area contributed by atoms with Crippen molar-refractivity contribution in [3.63, 3.8) is 0 Å². The zero-order valence-corrected chi connectivity index (χ0v) is 15.8. The van der Waals surface area contributed by atoms with Crippen LogP contribution in [-0.2, 0) is 13.2 Å². The first-order valence-electron chi connectivity index (χ1n) is 8.98. The van der Waals surface area contributed by atoms with Crippen LogP contribution in [0.3, 0.4) is 0 Å². The molecule has 1 aliphatic rings. The number of allylic oxidation sites excluding steroid dienone is 1. The summed E-state index contributed by atoms with van der Waals surface area (Å²) in [7, 11) is 0. The van der Waals surface area contributed by atoms with E-state index in [4.69, 9.17) is 16.6 Å². The number of piperidine rings is 1. The number of benzene rings is 1. The number of aryl methyl sites for hydroxylation is 1. The SMILES string of the molecule is C=CCn1c(C)nn(CN2CCC[C@@H](c3nc4ccccc4o3)C2)c1=S. The molecule has 0 spiro atoms. The molecule has 3 heterocycles. The molecule has 0 amide bonds. The number of hydrogen-bond acceptors (Lipinski definition) is 5. The third kappa shape index (κ3) is 3.24. The van der Waals surface area contributed by atoms with Crippen LogP contribution in [0.2, 0.25) is 0 Å². The van der Waals surface area contributed by atoms with E-state index >= 15 is 0 Å². The maximum absolute atomic E-state index is 5.99. The van der Waals surface area contributed by atoms with Gasteiger partial charge in [-0.2, -0.15) is 5.10 Å². The van der Waals surface area contributed by atoms with Crippen molar-refractivity contribution in [2.24, 2.45) is 0 Å². The standard InChI is InChI=1S/C19H23N5OS/c1-3-10-23-14(2)21-24(19(23)26)13-22-11-6-7-15(12-22)18-20-16-8-4-5-9-17(16)25-18/h3-5,8-9,15H,1,6-7,10-13H2,2H3/t15-/m1/s1. The highest BCUT2D eigenvalue weighted by molar-refractivity contribution is 7.71. The first-order chi connectivity index (χ1) is 12.7. The molecule has 1 atom stereocenters. The Morgan fingerprint density at radius 2 is 2.23 bits per heavy atom. The molecule has 26 heavy (non-hydrogen) atoms. The summed E-state index contributed by atoms with van der Waals surface area (Å²) >= 11 is 5.57. The van der Waals surface area contributed by atoms with E-state index in [1.165, 1.54) is 0 Å². The van der Waals surface area contributed by atoms with Crippen molar-refractivity contribution < 1.29 is 4.42 Å². The maximum Gasteiger partial charge on any atom is 0.199 e. The van der Waals surface area contributed by atoms with Gasteiger partial charge in [0.1, 0.15) is 11.3 Å². The van der Waals surface area contributed by atoms with E-state index in [2.05, 4.69) is 21.6 Å². The molecule has 4 rings (SSSR count). The Bertz CT molecular complexity index is 952. The molecule has 6 nitrogen and oxygen atoms in total. The third-order valence-electron chi connectivity index (χ3n) is 4.92. The van der Waals surface area contributed by atoms with Gasteiger partial charge in [-0.1, -0.05) is 18.2 Å². The minimum Gasteiger partial charge on any atom is -0.440 e. The zero-order chi connectivity index (χ0) is 18.1. The molecule has 0 bridgehead atoms. The van der Waals surface area contributed by atoms with Gasteiger partial charge in [-0.25, -0.2) is 9.67 Å². The molecule has 0 saturated carbocycles. The molecule has 1 aliphatic heterocycles. The van der Waals surface area contributed by atoms with Crippen molar-refractivity contribution >= 4 is 23.3 Å². The number of fused-ring (bicyclic) bond motifs is 1. The molecule has 7 heteroatoms. The summed E-state index contributed by atoms with van der Waals surface area (Å²) in [5.74, 6) is 2.07. The molecule has 1 aromatic carbocycles. The molecule has 0 unspecified atom stereocenters. The topological polar surface area (TPSA) is 52.0 Å². The summed E-state index contributed by atoms with van der Waals surface area (Å²) in [5.41, 5.74) is 1.79. The van der Waals surface area contributed by atoms with Gasteiger partial charge in [0, 0.05) is 19.0 Å². The monoisotopic (exact) mass is 369 g/mol. The Balaban J connectivity index is 1.51. The van der Waals surface area contributed by atoms with Gasteiger partial charge in [0.25, 0.3) is 0 Å². The van der Waals surface area contributed by atoms with E-state index in [-0.39, 0.29) is 0 Å². The third-order valence-corrected chi connectivity index (χ3v) is 5.35. The van der Waals surface area contributed by atoms with Crippen LogP contribution in [0.5, 0.6) is 0 Å². The van der Waals surface area contributed by atoms with Gasteiger partial charge in [-0.15, -0.1) is 6.58 Å². The van der Waals surface area contributed by atoms with Crippen LogP contribution in [0.25, 0.3) is 11.1 Å². The van der Waals surface area contributed by atoms with Crippen LogP contribution in [0.4, 0.5) is 0 Å². The van der Waals surface area contributed by atoms with Crippen molar-refractivity contribution in [3.05, 3.63) is 53.4 Å². The fraction of sp³-hybridized carbons (Fsp3) is 0.421. The molecule has 1 saturated heterocycles. The molecular weight excluding hydrogens is 346 g/mol. The van der Waals surface area contributed by atoms with Crippen molar-refractivity contribution in [3.8, 4) is 0 Å². The Kier molecular flexibility index (Phi) is 4.74. The van der Waals surface area contributed by atoms with Gasteiger partial charge < -0.3 is 8.98 Å². The van der Waals surface area contributed by atoms with Crippen LogP contribution in [0, 0.1) is 11.7 Å². The second kappa shape index (κ2) is 7.17. The lowest BCUT2D eigenvalue weighted by molar-refractivity contribution is 0.147. The van der Waals surface area contributed by atoms with E-state index in [0.717, 1.165) is 53.5 Å². The lowest BCUT2D eigenvalue weighted by Crippen LogP contribution is -2.36. The van der Waals surface area contributed by atoms with Crippen LogP contribution >= 0.6 is 12.2 Å². The molecule has 1 fully saturated rings. The van der Waals surface area contributed by atoms with Gasteiger partial charge in [0.2, 0.25) is 0 Å². The van der Waals surface area contributed by atoms with Crippen LogP contribution in [-0.4, -0.2) is 37.3 Å². The van der Waals surface area contributed by atoms with Gasteiger partial charge >= 0.3 is 0 Å². The van der Waals surface area contributed by atoms with E-state index in [1.807, 2.05) is 46.5 Å². The number of hydrogen-bond donors (Lipinski definition) is 0. The van der Waals surface area contributed by atoms with Crippen LogP contribution in [0.15, 0.2) is 41.3 Å². The van der Waals surface area contributed by atoms with Crippen molar-refractivity contribution in [1.29, 1.82) is 0 Å². The minimum atomic E-state index is 0.307. The summed E-state index contributed by atoms with van der Waals surface area (Å²) in [6.07, 6.45) is 4.06. The lowest BCUT2D eigenvalue weighted by Gasteiger charge is -2.30. The van der Waals surface area contributed by atoms with Crippen molar-refractivity contribution in [1.82, 2.24) is 24.2 Å². The highest BCUT2D eigenvalue weighted by Gasteiger charge is 2.26. The van der Waals surface area contributed by atoms with E-state index in [1.54, 1.807) is 0 Å². The Labute approximate surface area is 157 Å². The highest BCUT2D eigenvalue weighted by Crippen LogP contribution is 2.29. The summed E-state index contributed by atoms with van der Waals surface area (Å²) in [4.78, 5) is 7.06.